The number of ether oxygens (including phenoxy) is 3. The third-order valence-electron chi connectivity index (χ3n) is 4.97. The summed E-state index contributed by atoms with van der Waals surface area (Å²) in [6.45, 7) is 1.16. The molecule has 0 unspecified atom stereocenters. The fourth-order valence-corrected chi connectivity index (χ4v) is 4.30. The van der Waals surface area contributed by atoms with Crippen LogP contribution in [-0.4, -0.2) is 49.2 Å². The van der Waals surface area contributed by atoms with Crippen molar-refractivity contribution in [3.8, 4) is 16.7 Å². The minimum Gasteiger partial charge on any atom is -0.497 e. The smallest absolute Gasteiger partial charge is 0.274 e. The molecule has 1 amide bonds. The quantitative estimate of drug-likeness (QED) is 0.626. The van der Waals surface area contributed by atoms with Crippen LogP contribution >= 0.6 is 11.3 Å². The van der Waals surface area contributed by atoms with Crippen LogP contribution in [0.3, 0.4) is 0 Å². The van der Waals surface area contributed by atoms with Crippen LogP contribution in [0.15, 0.2) is 36.4 Å². The largest absolute Gasteiger partial charge is 0.497 e. The summed E-state index contributed by atoms with van der Waals surface area (Å²) in [5.74, 6) is 0.780. The van der Waals surface area contributed by atoms with Crippen molar-refractivity contribution in [2.45, 2.75) is 18.9 Å². The highest BCUT2D eigenvalue weighted by molar-refractivity contribution is 7.20. The summed E-state index contributed by atoms with van der Waals surface area (Å²) < 4.78 is 30.6. The van der Waals surface area contributed by atoms with Crippen LogP contribution in [0.4, 0.5) is 4.39 Å². The molecule has 1 saturated heterocycles. The van der Waals surface area contributed by atoms with Crippen molar-refractivity contribution in [3.05, 3.63) is 47.8 Å². The van der Waals surface area contributed by atoms with Gasteiger partial charge in [0.15, 0.2) is 0 Å². The molecular weight excluding hydrogens is 395 g/mol. The summed E-state index contributed by atoms with van der Waals surface area (Å²) in [5, 5.41) is 0.534. The van der Waals surface area contributed by atoms with E-state index in [0.29, 0.717) is 48.2 Å². The zero-order valence-electron chi connectivity index (χ0n) is 16.2. The number of thiazole rings is 1. The first kappa shape index (κ1) is 19.4. The van der Waals surface area contributed by atoms with E-state index in [9.17, 15) is 9.18 Å². The zero-order valence-corrected chi connectivity index (χ0v) is 17.0. The van der Waals surface area contributed by atoms with Gasteiger partial charge in [0.1, 0.15) is 23.4 Å². The molecule has 6 nitrogen and oxygen atoms in total. The summed E-state index contributed by atoms with van der Waals surface area (Å²) in [6, 6.07) is 9.69. The van der Waals surface area contributed by atoms with Crippen molar-refractivity contribution in [1.29, 1.82) is 0 Å². The SMILES string of the molecule is COc1ccc(C(=O)N2CCC(Oc3nc4ccc(F)cc4s3)CC2)c(OC)c1. The van der Waals surface area contributed by atoms with Gasteiger partial charge in [-0.1, -0.05) is 11.3 Å². The number of hydrogen-bond donors (Lipinski definition) is 0. The number of rotatable bonds is 5. The molecule has 152 valence electrons. The highest BCUT2D eigenvalue weighted by Gasteiger charge is 2.27. The van der Waals surface area contributed by atoms with Crippen LogP contribution in [0.2, 0.25) is 0 Å². The summed E-state index contributed by atoms with van der Waals surface area (Å²) in [7, 11) is 3.11. The number of methoxy groups -OCH3 is 2. The van der Waals surface area contributed by atoms with E-state index >= 15 is 0 Å². The van der Waals surface area contributed by atoms with Crippen LogP contribution in [0, 0.1) is 5.82 Å². The summed E-state index contributed by atoms with van der Waals surface area (Å²) >= 11 is 1.34. The van der Waals surface area contributed by atoms with E-state index in [1.165, 1.54) is 30.6 Å². The highest BCUT2D eigenvalue weighted by atomic mass is 32.1. The van der Waals surface area contributed by atoms with Crippen molar-refractivity contribution >= 4 is 27.5 Å². The maximum atomic E-state index is 13.3. The fraction of sp³-hybridized carbons (Fsp3) is 0.333. The van der Waals surface area contributed by atoms with Gasteiger partial charge in [0.2, 0.25) is 0 Å². The minimum atomic E-state index is -0.284. The molecule has 0 atom stereocenters. The first-order valence-electron chi connectivity index (χ1n) is 9.31. The maximum Gasteiger partial charge on any atom is 0.274 e. The molecule has 0 bridgehead atoms. The number of halogens is 1. The Hall–Kier alpha value is -2.87. The number of benzene rings is 2. The minimum absolute atomic E-state index is 0.0257. The van der Waals surface area contributed by atoms with Crippen molar-refractivity contribution in [2.75, 3.05) is 27.3 Å². The normalized spacial score (nSPS) is 14.8. The van der Waals surface area contributed by atoms with Gasteiger partial charge in [0.25, 0.3) is 11.1 Å². The number of nitrogens with zero attached hydrogens (tertiary/aromatic N) is 2. The van der Waals surface area contributed by atoms with Gasteiger partial charge < -0.3 is 19.1 Å². The molecule has 1 aromatic heterocycles. The van der Waals surface area contributed by atoms with Crippen LogP contribution < -0.4 is 14.2 Å². The lowest BCUT2D eigenvalue weighted by molar-refractivity contribution is 0.0592. The van der Waals surface area contributed by atoms with Gasteiger partial charge in [-0.15, -0.1) is 0 Å². The first-order valence-corrected chi connectivity index (χ1v) is 10.1. The van der Waals surface area contributed by atoms with E-state index in [1.54, 1.807) is 36.3 Å². The molecule has 1 aliphatic heterocycles. The molecule has 2 heterocycles. The number of carbonyl (C=O) groups is 1. The Labute approximate surface area is 171 Å². The van der Waals surface area contributed by atoms with Crippen molar-refractivity contribution < 1.29 is 23.4 Å². The predicted molar refractivity (Wildman–Crippen MR) is 109 cm³/mol. The zero-order chi connectivity index (χ0) is 20.4. The van der Waals surface area contributed by atoms with E-state index < -0.39 is 0 Å². The van der Waals surface area contributed by atoms with Gasteiger partial charge >= 0.3 is 0 Å². The molecule has 8 heteroatoms. The number of likely N-dealkylation sites (tertiary alicyclic amines) is 1. The number of aromatic nitrogens is 1. The molecule has 0 N–H and O–H groups in total. The number of carbonyl (C=O) groups excluding carboxylic acids is 1. The molecule has 1 fully saturated rings. The topological polar surface area (TPSA) is 60.9 Å². The third kappa shape index (κ3) is 4.12. The lowest BCUT2D eigenvalue weighted by Crippen LogP contribution is -2.41. The lowest BCUT2D eigenvalue weighted by Gasteiger charge is -2.32. The second-order valence-corrected chi connectivity index (χ2v) is 7.76. The molecule has 0 spiro atoms. The van der Waals surface area contributed by atoms with Crippen molar-refractivity contribution in [3.63, 3.8) is 0 Å². The molecule has 4 rings (SSSR count). The van der Waals surface area contributed by atoms with E-state index in [-0.39, 0.29) is 17.8 Å². The summed E-state index contributed by atoms with van der Waals surface area (Å²) in [6.07, 6.45) is 1.38. The van der Waals surface area contributed by atoms with Gasteiger partial charge in [-0.25, -0.2) is 9.37 Å². The molecule has 0 aliphatic carbocycles. The van der Waals surface area contributed by atoms with Crippen LogP contribution in [0.25, 0.3) is 10.2 Å². The Balaban J connectivity index is 1.39. The van der Waals surface area contributed by atoms with Crippen LogP contribution in [0.5, 0.6) is 16.7 Å². The van der Waals surface area contributed by atoms with E-state index in [4.69, 9.17) is 14.2 Å². The Kier molecular flexibility index (Phi) is 5.53. The van der Waals surface area contributed by atoms with E-state index in [1.807, 2.05) is 0 Å². The van der Waals surface area contributed by atoms with Gasteiger partial charge in [0.05, 0.1) is 30.0 Å². The fourth-order valence-electron chi connectivity index (χ4n) is 3.39. The Morgan fingerprint density at radius 3 is 2.66 bits per heavy atom. The van der Waals surface area contributed by atoms with Gasteiger partial charge in [-0.05, 0) is 30.3 Å². The standard InChI is InChI=1S/C21H21FN2O4S/c1-26-15-4-5-16(18(12-15)27-2)20(25)24-9-7-14(8-10-24)28-21-23-17-6-3-13(22)11-19(17)29-21/h3-6,11-12,14H,7-10H2,1-2H3. The molecule has 2 aromatic carbocycles. The second-order valence-electron chi connectivity index (χ2n) is 6.77. The Morgan fingerprint density at radius 2 is 1.93 bits per heavy atom. The van der Waals surface area contributed by atoms with E-state index in [0.717, 1.165) is 10.2 Å². The molecule has 1 aliphatic rings. The Bertz CT molecular complexity index is 1030. The molecule has 3 aromatic rings. The number of fused-ring (bicyclic) bond motifs is 1. The molecule has 0 radical (unpaired) electrons. The van der Waals surface area contributed by atoms with Gasteiger partial charge in [0, 0.05) is 32.0 Å². The average molecular weight is 416 g/mol. The number of amides is 1. The van der Waals surface area contributed by atoms with Crippen LogP contribution in [-0.2, 0) is 0 Å². The maximum absolute atomic E-state index is 13.3. The third-order valence-corrected chi connectivity index (χ3v) is 5.88. The Morgan fingerprint density at radius 1 is 1.14 bits per heavy atom. The molecule has 29 heavy (non-hydrogen) atoms. The molecular formula is C21H21FN2O4S. The number of hydrogen-bond acceptors (Lipinski definition) is 6. The monoisotopic (exact) mass is 416 g/mol. The average Bonchev–Trinajstić information content (AvgIpc) is 3.14. The second kappa shape index (κ2) is 8.24. The van der Waals surface area contributed by atoms with Gasteiger partial charge in [-0.2, -0.15) is 0 Å². The van der Waals surface area contributed by atoms with Crippen molar-refractivity contribution in [1.82, 2.24) is 9.88 Å². The lowest BCUT2D eigenvalue weighted by atomic mass is 10.1. The van der Waals surface area contributed by atoms with Crippen LogP contribution in [0.1, 0.15) is 23.2 Å². The highest BCUT2D eigenvalue weighted by Crippen LogP contribution is 2.31. The number of piperidine rings is 1. The summed E-state index contributed by atoms with van der Waals surface area (Å²) in [4.78, 5) is 19.1. The van der Waals surface area contributed by atoms with Crippen molar-refractivity contribution in [2.24, 2.45) is 0 Å². The van der Waals surface area contributed by atoms with E-state index in [2.05, 4.69) is 4.98 Å². The molecule has 0 saturated carbocycles. The van der Waals surface area contributed by atoms with Gasteiger partial charge in [-0.3, -0.25) is 4.79 Å². The first-order chi connectivity index (χ1) is 14.1. The summed E-state index contributed by atoms with van der Waals surface area (Å²) in [5.41, 5.74) is 1.24. The predicted octanol–water partition coefficient (Wildman–Crippen LogP) is 4.14.